The smallest absolute Gasteiger partial charge is 0.138 e. The predicted octanol–water partition coefficient (Wildman–Crippen LogP) is 1.15. The van der Waals surface area contributed by atoms with Crippen molar-refractivity contribution in [1.82, 2.24) is 9.38 Å². The van der Waals surface area contributed by atoms with E-state index in [4.69, 9.17) is 5.11 Å². The highest BCUT2D eigenvalue weighted by atomic mass is 16.3. The van der Waals surface area contributed by atoms with E-state index in [1.165, 1.54) is 5.82 Å². The summed E-state index contributed by atoms with van der Waals surface area (Å²) in [5.74, 6) is 1.59. The summed E-state index contributed by atoms with van der Waals surface area (Å²) >= 11 is 0. The van der Waals surface area contributed by atoms with E-state index in [0.29, 0.717) is 5.92 Å². The van der Waals surface area contributed by atoms with Gasteiger partial charge in [-0.2, -0.15) is 0 Å². The van der Waals surface area contributed by atoms with Crippen molar-refractivity contribution in [3.63, 3.8) is 0 Å². The van der Waals surface area contributed by atoms with Gasteiger partial charge < -0.3 is 10.0 Å². The molecule has 2 aromatic heterocycles. The van der Waals surface area contributed by atoms with Gasteiger partial charge in [0.25, 0.3) is 0 Å². The van der Waals surface area contributed by atoms with Gasteiger partial charge in [-0.1, -0.05) is 6.07 Å². The summed E-state index contributed by atoms with van der Waals surface area (Å²) in [7, 11) is 0. The number of nitrogens with zero attached hydrogens (tertiary/aromatic N) is 3. The van der Waals surface area contributed by atoms with E-state index in [2.05, 4.69) is 20.4 Å². The van der Waals surface area contributed by atoms with Gasteiger partial charge in [-0.05, 0) is 18.6 Å². The van der Waals surface area contributed by atoms with Gasteiger partial charge in [-0.3, -0.25) is 4.40 Å². The molecular weight excluding hydrogens is 202 g/mol. The Morgan fingerprint density at radius 3 is 3.19 bits per heavy atom. The van der Waals surface area contributed by atoms with Gasteiger partial charge in [0, 0.05) is 38.0 Å². The minimum atomic E-state index is 0.288. The van der Waals surface area contributed by atoms with Crippen LogP contribution in [-0.4, -0.2) is 34.2 Å². The van der Waals surface area contributed by atoms with Crippen LogP contribution in [-0.2, 0) is 0 Å². The minimum Gasteiger partial charge on any atom is -0.396 e. The number of aliphatic hydroxyl groups is 1. The second kappa shape index (κ2) is 3.79. The van der Waals surface area contributed by atoms with Crippen LogP contribution in [0.1, 0.15) is 6.42 Å². The lowest BCUT2D eigenvalue weighted by Gasteiger charge is -2.19. The number of anilines is 1. The molecule has 1 fully saturated rings. The van der Waals surface area contributed by atoms with Crippen LogP contribution < -0.4 is 4.90 Å². The molecule has 0 bridgehead atoms. The average molecular weight is 217 g/mol. The second-order valence-electron chi connectivity index (χ2n) is 4.32. The third-order valence-electron chi connectivity index (χ3n) is 3.27. The topological polar surface area (TPSA) is 40.8 Å². The largest absolute Gasteiger partial charge is 0.396 e. The van der Waals surface area contributed by atoms with Crippen molar-refractivity contribution in [3.8, 4) is 0 Å². The first-order chi connectivity index (χ1) is 7.88. The molecule has 4 nitrogen and oxygen atoms in total. The van der Waals surface area contributed by atoms with Gasteiger partial charge in [-0.25, -0.2) is 4.98 Å². The van der Waals surface area contributed by atoms with Gasteiger partial charge in [0.15, 0.2) is 0 Å². The molecule has 2 aromatic rings. The van der Waals surface area contributed by atoms with Crippen molar-refractivity contribution in [1.29, 1.82) is 0 Å². The molecule has 0 aliphatic carbocycles. The van der Waals surface area contributed by atoms with Gasteiger partial charge in [0.05, 0.1) is 0 Å². The Labute approximate surface area is 94.1 Å². The summed E-state index contributed by atoms with van der Waals surface area (Å²) in [5, 5.41) is 9.16. The van der Waals surface area contributed by atoms with E-state index >= 15 is 0 Å². The van der Waals surface area contributed by atoms with Crippen molar-refractivity contribution in [2.24, 2.45) is 5.92 Å². The number of imidazole rings is 1. The van der Waals surface area contributed by atoms with Crippen molar-refractivity contribution in [2.75, 3.05) is 24.6 Å². The summed E-state index contributed by atoms with van der Waals surface area (Å²) in [6, 6.07) is 6.14. The molecule has 0 spiro atoms. The Bertz CT molecular complexity index is 494. The SMILES string of the molecule is OCC1CCN(c2cccc3nccn23)C1. The fraction of sp³-hybridized carbons (Fsp3) is 0.417. The third kappa shape index (κ3) is 1.46. The molecule has 1 aliphatic heterocycles. The maximum absolute atomic E-state index is 9.16. The molecule has 1 atom stereocenters. The van der Waals surface area contributed by atoms with Gasteiger partial charge >= 0.3 is 0 Å². The zero-order valence-electron chi connectivity index (χ0n) is 9.08. The second-order valence-corrected chi connectivity index (χ2v) is 4.32. The fourth-order valence-electron chi connectivity index (χ4n) is 2.38. The molecule has 0 radical (unpaired) electrons. The molecule has 0 amide bonds. The first-order valence-electron chi connectivity index (χ1n) is 5.66. The van der Waals surface area contributed by atoms with Gasteiger partial charge in [0.1, 0.15) is 11.5 Å². The molecule has 1 aliphatic rings. The van der Waals surface area contributed by atoms with Crippen molar-refractivity contribution in [2.45, 2.75) is 6.42 Å². The number of pyridine rings is 1. The van der Waals surface area contributed by atoms with E-state index in [0.717, 1.165) is 25.2 Å². The molecule has 0 saturated carbocycles. The minimum absolute atomic E-state index is 0.288. The Hall–Kier alpha value is -1.55. The third-order valence-corrected chi connectivity index (χ3v) is 3.27. The van der Waals surface area contributed by atoms with Crippen LogP contribution in [0.5, 0.6) is 0 Å². The average Bonchev–Trinajstić information content (AvgIpc) is 2.97. The van der Waals surface area contributed by atoms with Crippen molar-refractivity contribution < 1.29 is 5.11 Å². The lowest BCUT2D eigenvalue weighted by molar-refractivity contribution is 0.238. The number of hydrogen-bond donors (Lipinski definition) is 1. The maximum atomic E-state index is 9.16. The molecule has 84 valence electrons. The number of rotatable bonds is 2. The van der Waals surface area contributed by atoms with Crippen LogP contribution in [0.15, 0.2) is 30.6 Å². The molecule has 3 rings (SSSR count). The fourth-order valence-corrected chi connectivity index (χ4v) is 2.38. The first kappa shape index (κ1) is 9.66. The lowest BCUT2D eigenvalue weighted by atomic mass is 10.1. The first-order valence-corrected chi connectivity index (χ1v) is 5.66. The van der Waals surface area contributed by atoms with Crippen LogP contribution in [0.4, 0.5) is 5.82 Å². The summed E-state index contributed by atoms with van der Waals surface area (Å²) < 4.78 is 2.10. The molecular formula is C12H15N3O. The van der Waals surface area contributed by atoms with Crippen molar-refractivity contribution >= 4 is 11.5 Å². The summed E-state index contributed by atoms with van der Waals surface area (Å²) in [4.78, 5) is 6.59. The van der Waals surface area contributed by atoms with Crippen LogP contribution in [0.2, 0.25) is 0 Å². The highest BCUT2D eigenvalue weighted by Crippen LogP contribution is 2.24. The van der Waals surface area contributed by atoms with Crippen LogP contribution in [0.3, 0.4) is 0 Å². The van der Waals surface area contributed by atoms with Crippen LogP contribution in [0.25, 0.3) is 5.65 Å². The van der Waals surface area contributed by atoms with E-state index in [1.807, 2.05) is 24.5 Å². The summed E-state index contributed by atoms with van der Waals surface area (Å²) in [6.07, 6.45) is 4.87. The van der Waals surface area contributed by atoms with Gasteiger partial charge in [-0.15, -0.1) is 0 Å². The van der Waals surface area contributed by atoms with Gasteiger partial charge in [0.2, 0.25) is 0 Å². The number of aromatic nitrogens is 2. The summed E-state index contributed by atoms with van der Waals surface area (Å²) in [6.45, 7) is 2.24. The molecule has 1 unspecified atom stereocenters. The monoisotopic (exact) mass is 217 g/mol. The molecule has 4 heteroatoms. The molecule has 0 aromatic carbocycles. The van der Waals surface area contributed by atoms with E-state index < -0.39 is 0 Å². The standard InChI is InChI=1S/C12H15N3O/c16-9-10-4-6-14(8-10)12-3-1-2-11-13-5-7-15(11)12/h1-3,5,7,10,16H,4,6,8-9H2. The van der Waals surface area contributed by atoms with E-state index in [1.54, 1.807) is 0 Å². The maximum Gasteiger partial charge on any atom is 0.138 e. The highest BCUT2D eigenvalue weighted by Gasteiger charge is 2.23. The zero-order chi connectivity index (χ0) is 11.0. The normalized spacial score (nSPS) is 20.8. The quantitative estimate of drug-likeness (QED) is 0.820. The van der Waals surface area contributed by atoms with E-state index in [9.17, 15) is 0 Å². The summed E-state index contributed by atoms with van der Waals surface area (Å²) in [5.41, 5.74) is 0.977. The molecule has 3 heterocycles. The number of aliphatic hydroxyl groups excluding tert-OH is 1. The van der Waals surface area contributed by atoms with Crippen LogP contribution >= 0.6 is 0 Å². The Balaban J connectivity index is 1.97. The zero-order valence-corrected chi connectivity index (χ0v) is 9.08. The number of fused-ring (bicyclic) bond motifs is 1. The van der Waals surface area contributed by atoms with E-state index in [-0.39, 0.29) is 6.61 Å². The molecule has 16 heavy (non-hydrogen) atoms. The Morgan fingerprint density at radius 1 is 1.44 bits per heavy atom. The van der Waals surface area contributed by atoms with Crippen LogP contribution in [0, 0.1) is 5.92 Å². The Morgan fingerprint density at radius 2 is 2.38 bits per heavy atom. The molecule has 1 saturated heterocycles. The number of hydrogen-bond acceptors (Lipinski definition) is 3. The molecule has 1 N–H and O–H groups in total. The predicted molar refractivity (Wildman–Crippen MR) is 62.6 cm³/mol. The lowest BCUT2D eigenvalue weighted by Crippen LogP contribution is -2.22. The van der Waals surface area contributed by atoms with Crippen molar-refractivity contribution in [3.05, 3.63) is 30.6 Å². The Kier molecular flexibility index (Phi) is 2.29. The highest BCUT2D eigenvalue weighted by molar-refractivity contribution is 5.52.